The van der Waals surface area contributed by atoms with Gasteiger partial charge in [0.2, 0.25) is 5.82 Å². The maximum atomic E-state index is 13.5. The molecule has 1 rings (SSSR count). The lowest BCUT2D eigenvalue weighted by atomic mass is 9.83. The molecule has 0 fully saturated rings. The van der Waals surface area contributed by atoms with Gasteiger partial charge >= 0.3 is 5.97 Å². The van der Waals surface area contributed by atoms with E-state index in [0.717, 1.165) is 13.8 Å². The van der Waals surface area contributed by atoms with E-state index in [-0.39, 0.29) is 6.61 Å². The van der Waals surface area contributed by atoms with Crippen molar-refractivity contribution < 1.29 is 36.3 Å². The van der Waals surface area contributed by atoms with E-state index < -0.39 is 51.8 Å². The maximum absolute atomic E-state index is 13.5. The zero-order valence-electron chi connectivity index (χ0n) is 11.3. The molecule has 0 radical (unpaired) electrons. The van der Waals surface area contributed by atoms with Crippen LogP contribution in [0.2, 0.25) is 0 Å². The smallest absolute Gasteiger partial charge is 0.319 e. The van der Waals surface area contributed by atoms with Gasteiger partial charge in [-0.05, 0) is 20.8 Å². The Kier molecular flexibility index (Phi) is 4.70. The van der Waals surface area contributed by atoms with Crippen molar-refractivity contribution in [1.82, 2.24) is 0 Å². The number of hydrogen-bond acceptors (Lipinski definition) is 3. The minimum Gasteiger partial charge on any atom is -0.465 e. The molecule has 0 atom stereocenters. The minimum atomic E-state index is -2.38. The molecule has 21 heavy (non-hydrogen) atoms. The molecule has 0 amide bonds. The molecule has 0 saturated heterocycles. The molecule has 116 valence electrons. The highest BCUT2D eigenvalue weighted by Crippen LogP contribution is 2.30. The number of benzene rings is 1. The molecule has 0 saturated carbocycles. The summed E-state index contributed by atoms with van der Waals surface area (Å²) in [4.78, 5) is 23.6. The van der Waals surface area contributed by atoms with E-state index in [1.165, 1.54) is 6.92 Å². The van der Waals surface area contributed by atoms with Gasteiger partial charge in [-0.15, -0.1) is 0 Å². The fraction of sp³-hybridized carbons (Fsp3) is 0.385. The molecule has 0 aliphatic heterocycles. The van der Waals surface area contributed by atoms with Crippen molar-refractivity contribution in [2.45, 2.75) is 20.8 Å². The molecule has 0 spiro atoms. The highest BCUT2D eigenvalue weighted by Gasteiger charge is 2.43. The fourth-order valence-electron chi connectivity index (χ4n) is 1.52. The number of rotatable bonds is 4. The van der Waals surface area contributed by atoms with Crippen LogP contribution >= 0.6 is 0 Å². The zero-order chi connectivity index (χ0) is 16.5. The molecule has 1 aromatic rings. The van der Waals surface area contributed by atoms with Crippen molar-refractivity contribution in [3.05, 3.63) is 34.6 Å². The summed E-state index contributed by atoms with van der Waals surface area (Å²) in [5, 5.41) is 0. The van der Waals surface area contributed by atoms with Crippen molar-refractivity contribution in [3.8, 4) is 0 Å². The summed E-state index contributed by atoms with van der Waals surface area (Å²) in [6.45, 7) is 3.24. The molecule has 0 heterocycles. The van der Waals surface area contributed by atoms with Crippen molar-refractivity contribution >= 4 is 11.8 Å². The normalized spacial score (nSPS) is 11.4. The molecule has 8 heteroatoms. The van der Waals surface area contributed by atoms with Crippen LogP contribution in [0.4, 0.5) is 22.0 Å². The fourth-order valence-corrected chi connectivity index (χ4v) is 1.52. The highest BCUT2D eigenvalue weighted by atomic mass is 19.2. The summed E-state index contributed by atoms with van der Waals surface area (Å²) in [5.74, 6) is -14.2. The second-order valence-electron chi connectivity index (χ2n) is 4.62. The van der Waals surface area contributed by atoms with Crippen LogP contribution in [-0.4, -0.2) is 18.4 Å². The Morgan fingerprint density at radius 3 is 1.67 bits per heavy atom. The van der Waals surface area contributed by atoms with E-state index in [2.05, 4.69) is 4.74 Å². The lowest BCUT2D eigenvalue weighted by Crippen LogP contribution is -2.36. The Labute approximate surface area is 116 Å². The van der Waals surface area contributed by atoms with Crippen molar-refractivity contribution in [2.24, 2.45) is 5.41 Å². The van der Waals surface area contributed by atoms with Crippen LogP contribution < -0.4 is 0 Å². The van der Waals surface area contributed by atoms with Gasteiger partial charge in [-0.1, -0.05) is 0 Å². The summed E-state index contributed by atoms with van der Waals surface area (Å²) < 4.78 is 70.7. The minimum absolute atomic E-state index is 0.118. The van der Waals surface area contributed by atoms with Crippen molar-refractivity contribution in [3.63, 3.8) is 0 Å². The second-order valence-corrected chi connectivity index (χ2v) is 4.62. The summed E-state index contributed by atoms with van der Waals surface area (Å²) in [6.07, 6.45) is 0. The van der Waals surface area contributed by atoms with Gasteiger partial charge in [0, 0.05) is 0 Å². The standard InChI is InChI=1S/C13H11F5O3/c1-4-21-12(20)13(2,3)11(19)5-6(14)8(16)10(18)9(17)7(5)15/h4H2,1-3H3. The van der Waals surface area contributed by atoms with Gasteiger partial charge in [-0.3, -0.25) is 9.59 Å². The first kappa shape index (κ1) is 17.1. The van der Waals surface area contributed by atoms with E-state index in [9.17, 15) is 31.5 Å². The van der Waals surface area contributed by atoms with Gasteiger partial charge in [0.25, 0.3) is 0 Å². The van der Waals surface area contributed by atoms with Gasteiger partial charge in [-0.25, -0.2) is 22.0 Å². The molecule has 1 aromatic carbocycles. The van der Waals surface area contributed by atoms with Crippen LogP contribution in [-0.2, 0) is 9.53 Å². The lowest BCUT2D eigenvalue weighted by Gasteiger charge is -2.21. The largest absolute Gasteiger partial charge is 0.465 e. The highest BCUT2D eigenvalue weighted by molar-refractivity contribution is 6.12. The molecule has 0 aliphatic carbocycles. The first-order chi connectivity index (χ1) is 9.57. The monoisotopic (exact) mass is 310 g/mol. The average Bonchev–Trinajstić information content (AvgIpc) is 2.43. The molecular weight excluding hydrogens is 299 g/mol. The van der Waals surface area contributed by atoms with Gasteiger partial charge in [0.05, 0.1) is 12.2 Å². The zero-order valence-corrected chi connectivity index (χ0v) is 11.3. The molecule has 0 N–H and O–H groups in total. The lowest BCUT2D eigenvalue weighted by molar-refractivity contribution is -0.150. The number of carbonyl (C=O) groups is 2. The summed E-state index contributed by atoms with van der Waals surface area (Å²) in [7, 11) is 0. The third kappa shape index (κ3) is 2.74. The molecular formula is C13H11F5O3. The Hall–Kier alpha value is -1.99. The number of Topliss-reactive ketones (excluding diaryl/α,β-unsaturated/α-hetero) is 1. The van der Waals surface area contributed by atoms with Crippen LogP contribution in [0.25, 0.3) is 0 Å². The molecule has 0 unspecified atom stereocenters. The van der Waals surface area contributed by atoms with Gasteiger partial charge < -0.3 is 4.74 Å². The second kappa shape index (κ2) is 5.79. The summed E-state index contributed by atoms with van der Waals surface area (Å²) in [5.41, 5.74) is -3.77. The quantitative estimate of drug-likeness (QED) is 0.214. The van der Waals surface area contributed by atoms with E-state index in [0.29, 0.717) is 0 Å². The van der Waals surface area contributed by atoms with E-state index in [1.54, 1.807) is 0 Å². The summed E-state index contributed by atoms with van der Waals surface area (Å²) >= 11 is 0. The molecule has 0 aromatic heterocycles. The third-order valence-electron chi connectivity index (χ3n) is 2.79. The first-order valence-corrected chi connectivity index (χ1v) is 5.80. The third-order valence-corrected chi connectivity index (χ3v) is 2.79. The number of esters is 1. The molecule has 0 aliphatic rings. The van der Waals surface area contributed by atoms with Crippen LogP contribution in [0.3, 0.4) is 0 Å². The van der Waals surface area contributed by atoms with Gasteiger partial charge in [0.15, 0.2) is 29.1 Å². The van der Waals surface area contributed by atoms with E-state index >= 15 is 0 Å². The molecule has 3 nitrogen and oxygen atoms in total. The SMILES string of the molecule is CCOC(=O)C(C)(C)C(=O)c1c(F)c(F)c(F)c(F)c1F. The number of halogens is 5. The Morgan fingerprint density at radius 2 is 1.29 bits per heavy atom. The van der Waals surface area contributed by atoms with Crippen LogP contribution in [0.5, 0.6) is 0 Å². The first-order valence-electron chi connectivity index (χ1n) is 5.80. The Morgan fingerprint density at radius 1 is 0.905 bits per heavy atom. The van der Waals surface area contributed by atoms with Crippen LogP contribution in [0.1, 0.15) is 31.1 Å². The summed E-state index contributed by atoms with van der Waals surface area (Å²) in [6, 6.07) is 0. The van der Waals surface area contributed by atoms with Crippen molar-refractivity contribution in [2.75, 3.05) is 6.61 Å². The van der Waals surface area contributed by atoms with Crippen molar-refractivity contribution in [1.29, 1.82) is 0 Å². The maximum Gasteiger partial charge on any atom is 0.319 e. The number of carbonyl (C=O) groups excluding carboxylic acids is 2. The predicted molar refractivity (Wildman–Crippen MR) is 61.0 cm³/mol. The average molecular weight is 310 g/mol. The Balaban J connectivity index is 3.48. The number of hydrogen-bond donors (Lipinski definition) is 0. The van der Waals surface area contributed by atoms with E-state index in [1.807, 2.05) is 0 Å². The van der Waals surface area contributed by atoms with Gasteiger partial charge in [-0.2, -0.15) is 0 Å². The topological polar surface area (TPSA) is 43.4 Å². The molecule has 0 bridgehead atoms. The number of ether oxygens (including phenoxy) is 1. The number of ketones is 1. The Bertz CT molecular complexity index is 581. The van der Waals surface area contributed by atoms with Gasteiger partial charge in [0.1, 0.15) is 5.41 Å². The predicted octanol–water partition coefficient (Wildman–Crippen LogP) is 3.15. The van der Waals surface area contributed by atoms with Crippen LogP contribution in [0, 0.1) is 34.5 Å². The van der Waals surface area contributed by atoms with Crippen LogP contribution in [0.15, 0.2) is 0 Å². The van der Waals surface area contributed by atoms with E-state index in [4.69, 9.17) is 0 Å².